The Morgan fingerprint density at radius 2 is 1.10 bits per heavy atom. The molecular formula is C26H34O5. The Bertz CT molecular complexity index is 893. The highest BCUT2D eigenvalue weighted by molar-refractivity contribution is 5.50. The molecule has 2 fully saturated rings. The smallest absolute Gasteiger partial charge is 0.144 e. The Balaban J connectivity index is 1.56. The molecule has 5 nitrogen and oxygen atoms in total. The Kier molecular flexibility index (Phi) is 5.16. The van der Waals surface area contributed by atoms with Crippen LogP contribution in [-0.4, -0.2) is 36.6 Å². The van der Waals surface area contributed by atoms with Gasteiger partial charge in [-0.3, -0.25) is 0 Å². The van der Waals surface area contributed by atoms with Crippen molar-refractivity contribution in [3.8, 4) is 11.5 Å². The van der Waals surface area contributed by atoms with Gasteiger partial charge in [-0.25, -0.2) is 0 Å². The molecular weight excluding hydrogens is 392 g/mol. The van der Waals surface area contributed by atoms with E-state index in [2.05, 4.69) is 41.5 Å². The molecule has 0 saturated carbocycles. The number of hydrogen-bond acceptors (Lipinski definition) is 5. The van der Waals surface area contributed by atoms with E-state index in [1.807, 2.05) is 24.3 Å². The Labute approximate surface area is 185 Å². The summed E-state index contributed by atoms with van der Waals surface area (Å²) >= 11 is 0. The second kappa shape index (κ2) is 7.22. The first kappa shape index (κ1) is 22.1. The summed E-state index contributed by atoms with van der Waals surface area (Å²) in [6.07, 6.45) is 0. The van der Waals surface area contributed by atoms with E-state index in [9.17, 15) is 10.2 Å². The van der Waals surface area contributed by atoms with Crippen molar-refractivity contribution in [3.63, 3.8) is 0 Å². The Morgan fingerprint density at radius 1 is 0.742 bits per heavy atom. The van der Waals surface area contributed by atoms with Gasteiger partial charge in [0.15, 0.2) is 0 Å². The number of phenolic OH excluding ortho intramolecular Hbond substituents is 2. The van der Waals surface area contributed by atoms with Crippen molar-refractivity contribution in [3.05, 3.63) is 58.7 Å². The minimum Gasteiger partial charge on any atom is -0.508 e. The van der Waals surface area contributed by atoms with E-state index in [1.165, 1.54) is 0 Å². The van der Waals surface area contributed by atoms with Crippen molar-refractivity contribution in [2.24, 2.45) is 0 Å². The molecule has 2 aromatic carbocycles. The number of epoxide rings is 2. The highest BCUT2D eigenvalue weighted by Gasteiger charge is 2.54. The number of phenols is 2. The summed E-state index contributed by atoms with van der Waals surface area (Å²) in [5, 5.41) is 21.3. The van der Waals surface area contributed by atoms with Crippen LogP contribution in [-0.2, 0) is 36.2 Å². The van der Waals surface area contributed by atoms with Crippen LogP contribution in [0.4, 0.5) is 0 Å². The predicted octanol–water partition coefficient (Wildman–Crippen LogP) is 4.86. The molecule has 2 saturated heterocycles. The van der Waals surface area contributed by atoms with Gasteiger partial charge in [0.1, 0.15) is 22.7 Å². The van der Waals surface area contributed by atoms with E-state index in [0.29, 0.717) is 26.4 Å². The standard InChI is InChI=1S/C26H34O5/c1-23(2,3)17-9-7-11-19(27)21(17)25(15-30-25)13-29-14-26(16-31-26)22-18(24(4,5)6)10-8-12-20(22)28/h7-12,27-28H,13-16H2,1-6H3. The predicted molar refractivity (Wildman–Crippen MR) is 120 cm³/mol. The molecule has 0 spiro atoms. The van der Waals surface area contributed by atoms with Crippen molar-refractivity contribution in [1.29, 1.82) is 0 Å². The maximum absolute atomic E-state index is 10.6. The van der Waals surface area contributed by atoms with Crippen molar-refractivity contribution in [1.82, 2.24) is 0 Å². The van der Waals surface area contributed by atoms with Gasteiger partial charge >= 0.3 is 0 Å². The molecule has 2 aliphatic heterocycles. The maximum Gasteiger partial charge on any atom is 0.144 e. The molecule has 2 heterocycles. The van der Waals surface area contributed by atoms with Gasteiger partial charge < -0.3 is 24.4 Å². The average Bonchev–Trinajstić information content (AvgIpc) is 3.57. The minimum atomic E-state index is -0.643. The van der Waals surface area contributed by atoms with Gasteiger partial charge in [-0.2, -0.15) is 0 Å². The van der Waals surface area contributed by atoms with Crippen molar-refractivity contribution >= 4 is 0 Å². The number of rotatable bonds is 6. The zero-order chi connectivity index (χ0) is 22.7. The van der Waals surface area contributed by atoms with E-state index < -0.39 is 11.2 Å². The largest absolute Gasteiger partial charge is 0.508 e. The van der Waals surface area contributed by atoms with Crippen LogP contribution in [0.15, 0.2) is 36.4 Å². The van der Waals surface area contributed by atoms with Crippen LogP contribution in [0, 0.1) is 0 Å². The molecule has 168 valence electrons. The van der Waals surface area contributed by atoms with Gasteiger partial charge in [-0.15, -0.1) is 0 Å². The molecule has 0 radical (unpaired) electrons. The molecule has 0 amide bonds. The highest BCUT2D eigenvalue weighted by atomic mass is 16.6. The summed E-state index contributed by atoms with van der Waals surface area (Å²) < 4.78 is 17.9. The number of benzene rings is 2. The lowest BCUT2D eigenvalue weighted by atomic mass is 9.79. The van der Waals surface area contributed by atoms with Gasteiger partial charge in [-0.1, -0.05) is 65.8 Å². The summed E-state index contributed by atoms with van der Waals surface area (Å²) in [6, 6.07) is 11.2. The molecule has 31 heavy (non-hydrogen) atoms. The van der Waals surface area contributed by atoms with Crippen LogP contribution in [0.5, 0.6) is 11.5 Å². The zero-order valence-corrected chi connectivity index (χ0v) is 19.4. The van der Waals surface area contributed by atoms with Crippen LogP contribution in [0.2, 0.25) is 0 Å². The molecule has 2 aromatic rings. The summed E-state index contributed by atoms with van der Waals surface area (Å²) in [7, 11) is 0. The molecule has 0 aromatic heterocycles. The first-order valence-electron chi connectivity index (χ1n) is 10.9. The van der Waals surface area contributed by atoms with E-state index in [0.717, 1.165) is 22.3 Å². The molecule has 5 heteroatoms. The summed E-state index contributed by atoms with van der Waals surface area (Å²) in [6.45, 7) is 14.4. The second-order valence-electron chi connectivity index (χ2n) is 11.0. The maximum atomic E-state index is 10.6. The fourth-order valence-electron chi connectivity index (χ4n) is 4.44. The number of ether oxygens (including phenoxy) is 3. The quantitative estimate of drug-likeness (QED) is 0.645. The van der Waals surface area contributed by atoms with E-state index in [4.69, 9.17) is 14.2 Å². The first-order valence-corrected chi connectivity index (χ1v) is 10.9. The minimum absolute atomic E-state index is 0.134. The Hall–Kier alpha value is -2.08. The molecule has 2 N–H and O–H groups in total. The lowest BCUT2D eigenvalue weighted by molar-refractivity contribution is 0.0382. The van der Waals surface area contributed by atoms with Crippen molar-refractivity contribution < 1.29 is 24.4 Å². The van der Waals surface area contributed by atoms with Crippen molar-refractivity contribution in [2.45, 2.75) is 63.6 Å². The molecule has 0 bridgehead atoms. The SMILES string of the molecule is CC(C)(C)c1cccc(O)c1C1(COCC2(c3c(O)cccc3C(C)(C)C)CO2)CO1. The third-order valence-corrected chi connectivity index (χ3v) is 6.27. The summed E-state index contributed by atoms with van der Waals surface area (Å²) in [4.78, 5) is 0. The fourth-order valence-corrected chi connectivity index (χ4v) is 4.44. The topological polar surface area (TPSA) is 74.8 Å². The Morgan fingerprint density at radius 3 is 1.39 bits per heavy atom. The van der Waals surface area contributed by atoms with Gasteiger partial charge in [-0.05, 0) is 34.1 Å². The zero-order valence-electron chi connectivity index (χ0n) is 19.4. The lowest BCUT2D eigenvalue weighted by Crippen LogP contribution is -2.28. The second-order valence-corrected chi connectivity index (χ2v) is 11.0. The summed E-state index contributed by atoms with van der Waals surface area (Å²) in [5.74, 6) is 0.475. The van der Waals surface area contributed by atoms with Crippen LogP contribution in [0.25, 0.3) is 0 Å². The third kappa shape index (κ3) is 4.07. The third-order valence-electron chi connectivity index (χ3n) is 6.27. The van der Waals surface area contributed by atoms with E-state index in [-0.39, 0.29) is 22.3 Å². The summed E-state index contributed by atoms with van der Waals surface area (Å²) in [5.41, 5.74) is 2.18. The highest BCUT2D eigenvalue weighted by Crippen LogP contribution is 2.50. The van der Waals surface area contributed by atoms with Crippen LogP contribution >= 0.6 is 0 Å². The van der Waals surface area contributed by atoms with Crippen LogP contribution in [0.3, 0.4) is 0 Å². The molecule has 2 unspecified atom stereocenters. The number of aromatic hydroxyl groups is 2. The molecule has 4 rings (SSSR count). The first-order chi connectivity index (χ1) is 14.4. The van der Waals surface area contributed by atoms with Gasteiger partial charge in [0.05, 0.1) is 26.4 Å². The molecule has 0 aliphatic carbocycles. The lowest BCUT2D eigenvalue weighted by Gasteiger charge is -2.28. The van der Waals surface area contributed by atoms with Gasteiger partial charge in [0.25, 0.3) is 0 Å². The normalized spacial score (nSPS) is 25.5. The monoisotopic (exact) mass is 426 g/mol. The van der Waals surface area contributed by atoms with Crippen molar-refractivity contribution in [2.75, 3.05) is 26.4 Å². The van der Waals surface area contributed by atoms with Crippen LogP contribution < -0.4 is 0 Å². The number of hydrogen-bond donors (Lipinski definition) is 2. The van der Waals surface area contributed by atoms with E-state index >= 15 is 0 Å². The van der Waals surface area contributed by atoms with Gasteiger partial charge in [0, 0.05) is 11.1 Å². The molecule has 2 atom stereocenters. The van der Waals surface area contributed by atoms with Crippen LogP contribution in [0.1, 0.15) is 63.8 Å². The fraction of sp³-hybridized carbons (Fsp3) is 0.538. The van der Waals surface area contributed by atoms with E-state index in [1.54, 1.807) is 12.1 Å². The van der Waals surface area contributed by atoms with Gasteiger partial charge in [0.2, 0.25) is 0 Å². The average molecular weight is 427 g/mol. The molecule has 2 aliphatic rings.